The van der Waals surface area contributed by atoms with E-state index in [-0.39, 0.29) is 0 Å². The van der Waals surface area contributed by atoms with Crippen molar-refractivity contribution >= 4 is 23.2 Å². The van der Waals surface area contributed by atoms with Crippen molar-refractivity contribution in [1.82, 2.24) is 5.32 Å². The Balaban J connectivity index is 2.08. The van der Waals surface area contributed by atoms with Crippen LogP contribution in [0.3, 0.4) is 0 Å². The molecule has 0 aliphatic heterocycles. The predicted octanol–water partition coefficient (Wildman–Crippen LogP) is 3.46. The molecule has 1 N–H and O–H groups in total. The van der Waals surface area contributed by atoms with Crippen molar-refractivity contribution in [3.8, 4) is 0 Å². The molecule has 3 heteroatoms. The second-order valence-electron chi connectivity index (χ2n) is 3.83. The largest absolute Gasteiger partial charge is 0.317 e. The molecule has 0 aromatic heterocycles. The fourth-order valence-electron chi connectivity index (χ4n) is 1.89. The van der Waals surface area contributed by atoms with E-state index >= 15 is 0 Å². The van der Waals surface area contributed by atoms with E-state index in [0.717, 1.165) is 0 Å². The Labute approximate surface area is 94.4 Å². The summed E-state index contributed by atoms with van der Waals surface area (Å²) >= 11 is 11.8. The van der Waals surface area contributed by atoms with Gasteiger partial charge in [0.2, 0.25) is 0 Å². The van der Waals surface area contributed by atoms with Crippen LogP contribution in [0.2, 0.25) is 10.0 Å². The molecule has 0 bridgehead atoms. The normalized spacial score (nSPS) is 25.9. The number of rotatable bonds is 2. The molecule has 1 fully saturated rings. The standard InChI is InChI=1S/C11H13Cl2N/c1-14-9-4-8(5-9)7-2-3-10(12)11(13)6-7/h2-3,6,8-9,14H,4-5H2,1H3. The lowest BCUT2D eigenvalue weighted by atomic mass is 9.76. The molecule has 2 rings (SSSR count). The smallest absolute Gasteiger partial charge is 0.0595 e. The highest BCUT2D eigenvalue weighted by molar-refractivity contribution is 6.42. The maximum atomic E-state index is 5.96. The average Bonchev–Trinajstić information content (AvgIpc) is 2.09. The van der Waals surface area contributed by atoms with Gasteiger partial charge in [-0.05, 0) is 43.5 Å². The van der Waals surface area contributed by atoms with Crippen molar-refractivity contribution in [3.63, 3.8) is 0 Å². The first-order chi connectivity index (χ1) is 6.70. The zero-order chi connectivity index (χ0) is 10.1. The summed E-state index contributed by atoms with van der Waals surface area (Å²) < 4.78 is 0. The van der Waals surface area contributed by atoms with Crippen LogP contribution in [0.1, 0.15) is 24.3 Å². The van der Waals surface area contributed by atoms with Gasteiger partial charge in [0, 0.05) is 6.04 Å². The number of halogens is 2. The van der Waals surface area contributed by atoms with Crippen molar-refractivity contribution < 1.29 is 0 Å². The number of hydrogen-bond acceptors (Lipinski definition) is 1. The van der Waals surface area contributed by atoms with Crippen molar-refractivity contribution in [2.75, 3.05) is 7.05 Å². The van der Waals surface area contributed by atoms with E-state index in [2.05, 4.69) is 11.4 Å². The quantitative estimate of drug-likeness (QED) is 0.820. The van der Waals surface area contributed by atoms with E-state index in [4.69, 9.17) is 23.2 Å². The number of nitrogens with one attached hydrogen (secondary N) is 1. The lowest BCUT2D eigenvalue weighted by molar-refractivity contribution is 0.307. The molecule has 1 nitrogen and oxygen atoms in total. The summed E-state index contributed by atoms with van der Waals surface area (Å²) in [6.45, 7) is 0. The molecule has 0 atom stereocenters. The molecule has 0 amide bonds. The summed E-state index contributed by atoms with van der Waals surface area (Å²) in [6, 6.07) is 6.62. The Bertz CT molecular complexity index is 332. The Hall–Kier alpha value is -0.240. The second kappa shape index (κ2) is 4.09. The summed E-state index contributed by atoms with van der Waals surface area (Å²) in [7, 11) is 2.01. The second-order valence-corrected chi connectivity index (χ2v) is 4.64. The maximum absolute atomic E-state index is 5.96. The van der Waals surface area contributed by atoms with Crippen LogP contribution in [0.4, 0.5) is 0 Å². The minimum atomic E-state index is 0.639. The third-order valence-electron chi connectivity index (χ3n) is 2.96. The highest BCUT2D eigenvalue weighted by Crippen LogP contribution is 2.38. The number of benzene rings is 1. The molecular formula is C11H13Cl2N. The van der Waals surface area contributed by atoms with Crippen LogP contribution >= 0.6 is 23.2 Å². The maximum Gasteiger partial charge on any atom is 0.0595 e. The van der Waals surface area contributed by atoms with Crippen LogP contribution in [0.25, 0.3) is 0 Å². The van der Waals surface area contributed by atoms with Gasteiger partial charge in [-0.1, -0.05) is 29.3 Å². The zero-order valence-corrected chi connectivity index (χ0v) is 9.57. The molecule has 0 saturated heterocycles. The van der Waals surface area contributed by atoms with Gasteiger partial charge in [0.1, 0.15) is 0 Å². The van der Waals surface area contributed by atoms with E-state index in [1.807, 2.05) is 19.2 Å². The van der Waals surface area contributed by atoms with Crippen LogP contribution < -0.4 is 5.32 Å². The van der Waals surface area contributed by atoms with E-state index in [1.54, 1.807) is 0 Å². The van der Waals surface area contributed by atoms with Crippen molar-refractivity contribution in [2.45, 2.75) is 24.8 Å². The van der Waals surface area contributed by atoms with E-state index in [1.165, 1.54) is 18.4 Å². The van der Waals surface area contributed by atoms with Gasteiger partial charge in [-0.15, -0.1) is 0 Å². The lowest BCUT2D eigenvalue weighted by Gasteiger charge is -2.35. The SMILES string of the molecule is CNC1CC(c2ccc(Cl)c(Cl)c2)C1. The topological polar surface area (TPSA) is 12.0 Å². The monoisotopic (exact) mass is 229 g/mol. The van der Waals surface area contributed by atoms with Gasteiger partial charge in [0.15, 0.2) is 0 Å². The van der Waals surface area contributed by atoms with Gasteiger partial charge in [0.25, 0.3) is 0 Å². The molecule has 14 heavy (non-hydrogen) atoms. The van der Waals surface area contributed by atoms with Gasteiger partial charge in [-0.2, -0.15) is 0 Å². The molecule has 0 spiro atoms. The Morgan fingerprint density at radius 3 is 2.50 bits per heavy atom. The van der Waals surface area contributed by atoms with Gasteiger partial charge < -0.3 is 5.32 Å². The summed E-state index contributed by atoms with van der Waals surface area (Å²) in [4.78, 5) is 0. The zero-order valence-electron chi connectivity index (χ0n) is 8.06. The van der Waals surface area contributed by atoms with Crippen molar-refractivity contribution in [3.05, 3.63) is 33.8 Å². The molecular weight excluding hydrogens is 217 g/mol. The van der Waals surface area contributed by atoms with E-state index < -0.39 is 0 Å². The van der Waals surface area contributed by atoms with Gasteiger partial charge in [-0.3, -0.25) is 0 Å². The molecule has 1 aliphatic carbocycles. The summed E-state index contributed by atoms with van der Waals surface area (Å²) in [6.07, 6.45) is 2.41. The minimum absolute atomic E-state index is 0.639. The van der Waals surface area contributed by atoms with Crippen LogP contribution in [0.5, 0.6) is 0 Å². The van der Waals surface area contributed by atoms with Crippen molar-refractivity contribution in [2.24, 2.45) is 0 Å². The molecule has 0 radical (unpaired) electrons. The van der Waals surface area contributed by atoms with E-state index in [9.17, 15) is 0 Å². The van der Waals surface area contributed by atoms with Crippen LogP contribution in [0, 0.1) is 0 Å². The molecule has 1 aromatic rings. The van der Waals surface area contributed by atoms with Crippen molar-refractivity contribution in [1.29, 1.82) is 0 Å². The first-order valence-corrected chi connectivity index (χ1v) is 5.58. The predicted molar refractivity (Wildman–Crippen MR) is 61.3 cm³/mol. The molecule has 1 saturated carbocycles. The lowest BCUT2D eigenvalue weighted by Crippen LogP contribution is -2.37. The summed E-state index contributed by atoms with van der Waals surface area (Å²) in [5, 5.41) is 4.57. The van der Waals surface area contributed by atoms with Gasteiger partial charge in [0.05, 0.1) is 10.0 Å². The van der Waals surface area contributed by atoms with Crippen LogP contribution in [0.15, 0.2) is 18.2 Å². The molecule has 1 aromatic carbocycles. The van der Waals surface area contributed by atoms with Crippen LogP contribution in [-0.4, -0.2) is 13.1 Å². The molecule has 76 valence electrons. The molecule has 1 aliphatic rings. The highest BCUT2D eigenvalue weighted by atomic mass is 35.5. The summed E-state index contributed by atoms with van der Waals surface area (Å²) in [5.41, 5.74) is 1.31. The third-order valence-corrected chi connectivity index (χ3v) is 3.70. The Morgan fingerprint density at radius 2 is 1.93 bits per heavy atom. The third kappa shape index (κ3) is 1.90. The highest BCUT2D eigenvalue weighted by Gasteiger charge is 2.28. The molecule has 0 heterocycles. The first-order valence-electron chi connectivity index (χ1n) is 4.83. The molecule has 0 unspecified atom stereocenters. The Morgan fingerprint density at radius 1 is 1.21 bits per heavy atom. The Kier molecular flexibility index (Phi) is 3.01. The van der Waals surface area contributed by atoms with Crippen LogP contribution in [-0.2, 0) is 0 Å². The summed E-state index contributed by atoms with van der Waals surface area (Å²) in [5.74, 6) is 0.655. The fourth-order valence-corrected chi connectivity index (χ4v) is 2.20. The average molecular weight is 230 g/mol. The van der Waals surface area contributed by atoms with Gasteiger partial charge >= 0.3 is 0 Å². The first kappa shape index (κ1) is 10.3. The minimum Gasteiger partial charge on any atom is -0.317 e. The number of hydrogen-bond donors (Lipinski definition) is 1. The fraction of sp³-hybridized carbons (Fsp3) is 0.455. The van der Waals surface area contributed by atoms with Gasteiger partial charge in [-0.25, -0.2) is 0 Å². The van der Waals surface area contributed by atoms with E-state index in [0.29, 0.717) is 22.0 Å².